The number of rotatable bonds is 2. The normalized spacial score (nSPS) is 12.5. The van der Waals surface area contributed by atoms with E-state index in [1.54, 1.807) is 12.1 Å². The number of hydrogen-bond donors (Lipinski definition) is 2. The molecule has 4 heteroatoms. The van der Waals surface area contributed by atoms with Crippen LogP contribution in [0, 0.1) is 0 Å². The topological polar surface area (TPSA) is 34.1 Å². The predicted octanol–water partition coefficient (Wildman–Crippen LogP) is 6.37. The Hall–Kier alpha value is -3.08. The first-order chi connectivity index (χ1) is 14.5. The van der Waals surface area contributed by atoms with E-state index in [0.717, 1.165) is 32.0 Å². The fourth-order valence-corrected chi connectivity index (χ4v) is 4.12. The van der Waals surface area contributed by atoms with Gasteiger partial charge < -0.3 is 0 Å². The maximum absolute atomic E-state index is 13.2. The molecule has 0 radical (unpaired) electrons. The Balaban J connectivity index is 1.58. The number of thiol groups is 2. The summed E-state index contributed by atoms with van der Waals surface area (Å²) < 4.78 is 0. The summed E-state index contributed by atoms with van der Waals surface area (Å²) in [4.78, 5) is 28.2. The van der Waals surface area contributed by atoms with Gasteiger partial charge in [0.15, 0.2) is 11.6 Å². The highest BCUT2D eigenvalue weighted by atomic mass is 32.1. The van der Waals surface area contributed by atoms with E-state index in [9.17, 15) is 9.59 Å². The fourth-order valence-electron chi connectivity index (χ4n) is 3.82. The van der Waals surface area contributed by atoms with Crippen LogP contribution < -0.4 is 0 Å². The first kappa shape index (κ1) is 18.9. The van der Waals surface area contributed by atoms with Gasteiger partial charge in [0.25, 0.3) is 0 Å². The molecule has 30 heavy (non-hydrogen) atoms. The molecule has 0 amide bonds. The highest BCUT2D eigenvalue weighted by Gasteiger charge is 2.30. The predicted molar refractivity (Wildman–Crippen MR) is 125 cm³/mol. The van der Waals surface area contributed by atoms with Crippen molar-refractivity contribution in [2.75, 3.05) is 0 Å². The molecule has 0 N–H and O–H groups in total. The molecule has 0 aromatic heterocycles. The molecule has 0 heterocycles. The van der Waals surface area contributed by atoms with E-state index < -0.39 is 0 Å². The lowest BCUT2D eigenvalue weighted by atomic mass is 9.81. The van der Waals surface area contributed by atoms with E-state index in [-0.39, 0.29) is 11.6 Å². The Kier molecular flexibility index (Phi) is 4.61. The van der Waals surface area contributed by atoms with E-state index >= 15 is 0 Å². The van der Waals surface area contributed by atoms with Gasteiger partial charge in [-0.25, -0.2) is 0 Å². The van der Waals surface area contributed by atoms with Gasteiger partial charge in [-0.05, 0) is 70.8 Å². The van der Waals surface area contributed by atoms with E-state index in [2.05, 4.69) is 25.3 Å². The molecule has 4 aromatic rings. The Bertz CT molecular complexity index is 1220. The van der Waals surface area contributed by atoms with Gasteiger partial charge in [-0.2, -0.15) is 0 Å². The maximum atomic E-state index is 13.2. The molecule has 144 valence electrons. The smallest absolute Gasteiger partial charge is 0.194 e. The number of hydrogen-bond acceptors (Lipinski definition) is 4. The van der Waals surface area contributed by atoms with Crippen molar-refractivity contribution in [2.45, 2.75) is 9.79 Å². The zero-order valence-corrected chi connectivity index (χ0v) is 17.6. The summed E-state index contributed by atoms with van der Waals surface area (Å²) in [5.41, 5.74) is 5.55. The molecule has 0 atom stereocenters. The second-order valence-corrected chi connectivity index (χ2v) is 8.31. The van der Waals surface area contributed by atoms with Crippen LogP contribution >= 0.6 is 25.3 Å². The van der Waals surface area contributed by atoms with Crippen LogP contribution in [0.3, 0.4) is 0 Å². The van der Waals surface area contributed by atoms with Crippen LogP contribution in [-0.4, -0.2) is 11.6 Å². The second kappa shape index (κ2) is 7.31. The Labute approximate surface area is 185 Å². The van der Waals surface area contributed by atoms with Crippen molar-refractivity contribution >= 4 is 36.8 Å². The number of benzene rings is 4. The summed E-state index contributed by atoms with van der Waals surface area (Å²) in [5.74, 6) is -0.242. The summed E-state index contributed by atoms with van der Waals surface area (Å²) in [6.45, 7) is 0. The molecule has 2 nitrogen and oxygen atoms in total. The minimum atomic E-state index is -0.121. The van der Waals surface area contributed by atoms with Gasteiger partial charge in [-0.15, -0.1) is 25.3 Å². The maximum Gasteiger partial charge on any atom is 0.194 e. The summed E-state index contributed by atoms with van der Waals surface area (Å²) >= 11 is 8.64. The molecule has 5 rings (SSSR count). The lowest BCUT2D eigenvalue weighted by molar-refractivity contribution is 0.0979. The van der Waals surface area contributed by atoms with Crippen LogP contribution in [0.25, 0.3) is 22.3 Å². The minimum absolute atomic E-state index is 0.121. The van der Waals surface area contributed by atoms with Gasteiger partial charge in [-0.3, -0.25) is 9.59 Å². The van der Waals surface area contributed by atoms with Gasteiger partial charge in [0.1, 0.15) is 0 Å². The zero-order chi connectivity index (χ0) is 20.8. The Morgan fingerprint density at radius 1 is 0.400 bits per heavy atom. The molecule has 0 saturated heterocycles. The first-order valence-electron chi connectivity index (χ1n) is 9.47. The number of ketones is 2. The van der Waals surface area contributed by atoms with Crippen molar-refractivity contribution in [3.63, 3.8) is 0 Å². The third-order valence-electron chi connectivity index (χ3n) is 5.42. The molecule has 0 bridgehead atoms. The Morgan fingerprint density at radius 3 is 1.10 bits per heavy atom. The van der Waals surface area contributed by atoms with Crippen LogP contribution in [0.2, 0.25) is 0 Å². The van der Waals surface area contributed by atoms with Crippen LogP contribution in [0.15, 0.2) is 94.7 Å². The van der Waals surface area contributed by atoms with Gasteiger partial charge in [-0.1, -0.05) is 36.4 Å². The molecular formula is C26H16O2S2. The van der Waals surface area contributed by atoms with E-state index in [1.807, 2.05) is 72.8 Å². The van der Waals surface area contributed by atoms with Crippen molar-refractivity contribution < 1.29 is 9.59 Å². The number of carbonyl (C=O) groups excluding carboxylic acids is 2. The SMILES string of the molecule is O=C1c2ccc(-c3ccc(S)cc3)cc2C(=O)c2ccc(-c3ccc(S)cc3)cc21. The largest absolute Gasteiger partial charge is 0.289 e. The quantitative estimate of drug-likeness (QED) is 0.323. The second-order valence-electron chi connectivity index (χ2n) is 7.27. The zero-order valence-electron chi connectivity index (χ0n) is 15.8. The lowest BCUT2D eigenvalue weighted by Gasteiger charge is -2.19. The molecule has 0 fully saturated rings. The van der Waals surface area contributed by atoms with E-state index in [0.29, 0.717) is 22.3 Å². The summed E-state index contributed by atoms with van der Waals surface area (Å²) in [5, 5.41) is 0. The van der Waals surface area contributed by atoms with E-state index in [1.165, 1.54) is 0 Å². The summed E-state index contributed by atoms with van der Waals surface area (Å²) in [7, 11) is 0. The number of carbonyl (C=O) groups is 2. The lowest BCUT2D eigenvalue weighted by Crippen LogP contribution is -2.21. The van der Waals surface area contributed by atoms with Crippen molar-refractivity contribution in [3.05, 3.63) is 107 Å². The number of fused-ring (bicyclic) bond motifs is 2. The molecule has 0 saturated carbocycles. The van der Waals surface area contributed by atoms with Crippen molar-refractivity contribution in [1.29, 1.82) is 0 Å². The van der Waals surface area contributed by atoms with Gasteiger partial charge in [0.05, 0.1) is 0 Å². The average molecular weight is 425 g/mol. The highest BCUT2D eigenvalue weighted by Crippen LogP contribution is 2.33. The summed E-state index contributed by atoms with van der Waals surface area (Å²) in [6, 6.07) is 26.3. The fraction of sp³-hybridized carbons (Fsp3) is 0. The van der Waals surface area contributed by atoms with Crippen LogP contribution in [0.4, 0.5) is 0 Å². The summed E-state index contributed by atoms with van der Waals surface area (Å²) in [6.07, 6.45) is 0. The van der Waals surface area contributed by atoms with Gasteiger partial charge >= 0.3 is 0 Å². The molecule has 4 aromatic carbocycles. The average Bonchev–Trinajstić information content (AvgIpc) is 2.78. The van der Waals surface area contributed by atoms with Crippen molar-refractivity contribution in [1.82, 2.24) is 0 Å². The monoisotopic (exact) mass is 424 g/mol. The Morgan fingerprint density at radius 2 is 0.733 bits per heavy atom. The minimum Gasteiger partial charge on any atom is -0.289 e. The molecule has 0 spiro atoms. The standard InChI is InChI=1S/C26H16O2S2/c27-25-22-12-6-18(16-3-9-20(30)10-4-16)14-24(22)26(28)21-11-5-17(13-23(21)25)15-1-7-19(29)8-2-15/h1-14,29-30H. The van der Waals surface area contributed by atoms with Crippen molar-refractivity contribution in [2.24, 2.45) is 0 Å². The van der Waals surface area contributed by atoms with Gasteiger partial charge in [0, 0.05) is 32.0 Å². The van der Waals surface area contributed by atoms with Crippen molar-refractivity contribution in [3.8, 4) is 22.3 Å². The first-order valence-corrected chi connectivity index (χ1v) is 10.4. The van der Waals surface area contributed by atoms with E-state index in [4.69, 9.17) is 0 Å². The molecule has 1 aliphatic carbocycles. The third kappa shape index (κ3) is 3.18. The molecule has 1 aliphatic rings. The molecular weight excluding hydrogens is 408 g/mol. The van der Waals surface area contributed by atoms with Gasteiger partial charge in [0.2, 0.25) is 0 Å². The van der Waals surface area contributed by atoms with Crippen LogP contribution in [-0.2, 0) is 0 Å². The molecule has 0 aliphatic heterocycles. The van der Waals surface area contributed by atoms with Crippen LogP contribution in [0.5, 0.6) is 0 Å². The third-order valence-corrected chi connectivity index (χ3v) is 6.02. The highest BCUT2D eigenvalue weighted by molar-refractivity contribution is 7.80. The van der Waals surface area contributed by atoms with Crippen LogP contribution in [0.1, 0.15) is 31.8 Å². The molecule has 0 unspecified atom stereocenters.